The van der Waals surface area contributed by atoms with Crippen molar-refractivity contribution in [2.45, 2.75) is 0 Å². The second kappa shape index (κ2) is 11.0. The number of nitrogens with zero attached hydrogens (tertiary/aromatic N) is 4. The van der Waals surface area contributed by atoms with Crippen LogP contribution in [0.4, 0.5) is 0 Å². The van der Waals surface area contributed by atoms with E-state index in [9.17, 15) is 0 Å². The molecule has 0 saturated carbocycles. The van der Waals surface area contributed by atoms with Crippen LogP contribution in [-0.2, 0) is 0 Å². The predicted octanol–water partition coefficient (Wildman–Crippen LogP) is 9.91. The molecule has 0 unspecified atom stereocenters. The van der Waals surface area contributed by atoms with E-state index in [-0.39, 0.29) is 0 Å². The molecule has 0 saturated heterocycles. The maximum atomic E-state index is 5.40. The van der Waals surface area contributed by atoms with Crippen LogP contribution in [0.3, 0.4) is 0 Å². The molecule has 0 bridgehead atoms. The fourth-order valence-corrected chi connectivity index (χ4v) is 5.74. The minimum atomic E-state index is 0.824. The van der Waals surface area contributed by atoms with Gasteiger partial charge in [0.25, 0.3) is 0 Å². The quantitative estimate of drug-likeness (QED) is 0.196. The summed E-state index contributed by atoms with van der Waals surface area (Å²) in [6, 6.07) is 51.8. The lowest BCUT2D eigenvalue weighted by Gasteiger charge is -2.16. The predicted molar refractivity (Wildman–Crippen MR) is 180 cm³/mol. The Bertz CT molecular complexity index is 2260. The minimum absolute atomic E-state index is 0.824. The maximum absolute atomic E-state index is 5.40. The third-order valence-electron chi connectivity index (χ3n) is 7.90. The number of aromatic nitrogens is 4. The lowest BCUT2D eigenvalue weighted by molar-refractivity contribution is 1.21. The standard InChI is InChI=1S/C40H26N4/c1-4-12-27(13-5-1)37-38(28-14-6-2-7-15-28)44-40(39(43-37)29-16-8-3-9-17-29)33-19-10-18-32(26-33)34-24-23-31-22-21-30-20-11-25-41-35(30)36(31)42-34/h1-26H. The van der Waals surface area contributed by atoms with Gasteiger partial charge in [-0.3, -0.25) is 4.98 Å². The highest BCUT2D eigenvalue weighted by Gasteiger charge is 2.20. The van der Waals surface area contributed by atoms with E-state index in [2.05, 4.69) is 96.0 Å². The summed E-state index contributed by atoms with van der Waals surface area (Å²) >= 11 is 0. The summed E-state index contributed by atoms with van der Waals surface area (Å²) in [7, 11) is 0. The van der Waals surface area contributed by atoms with Gasteiger partial charge in [0.05, 0.1) is 39.5 Å². The van der Waals surface area contributed by atoms with Crippen molar-refractivity contribution in [3.8, 4) is 56.3 Å². The van der Waals surface area contributed by atoms with Crippen LogP contribution < -0.4 is 0 Å². The van der Waals surface area contributed by atoms with Gasteiger partial charge >= 0.3 is 0 Å². The van der Waals surface area contributed by atoms with Crippen LogP contribution in [0.15, 0.2) is 158 Å². The Morgan fingerprint density at radius 1 is 0.318 bits per heavy atom. The van der Waals surface area contributed by atoms with Crippen molar-refractivity contribution in [3.63, 3.8) is 0 Å². The van der Waals surface area contributed by atoms with Crippen LogP contribution in [-0.4, -0.2) is 19.9 Å². The van der Waals surface area contributed by atoms with E-state index in [0.717, 1.165) is 78.1 Å². The van der Waals surface area contributed by atoms with Crippen LogP contribution >= 0.6 is 0 Å². The Morgan fingerprint density at radius 2 is 0.795 bits per heavy atom. The summed E-state index contributed by atoms with van der Waals surface area (Å²) in [6.45, 7) is 0. The van der Waals surface area contributed by atoms with Crippen molar-refractivity contribution in [2.75, 3.05) is 0 Å². The molecular weight excluding hydrogens is 536 g/mol. The third-order valence-corrected chi connectivity index (χ3v) is 7.90. The van der Waals surface area contributed by atoms with Crippen molar-refractivity contribution in [1.29, 1.82) is 0 Å². The molecular formula is C40H26N4. The summed E-state index contributed by atoms with van der Waals surface area (Å²) in [4.78, 5) is 20.5. The summed E-state index contributed by atoms with van der Waals surface area (Å²) < 4.78 is 0. The number of benzene rings is 5. The second-order valence-electron chi connectivity index (χ2n) is 10.7. The van der Waals surface area contributed by atoms with E-state index in [0.29, 0.717) is 0 Å². The Kier molecular flexibility index (Phi) is 6.43. The Morgan fingerprint density at radius 3 is 1.39 bits per heavy atom. The molecule has 0 N–H and O–H groups in total. The summed E-state index contributed by atoms with van der Waals surface area (Å²) in [6.07, 6.45) is 1.82. The van der Waals surface area contributed by atoms with Crippen molar-refractivity contribution in [1.82, 2.24) is 19.9 Å². The van der Waals surface area contributed by atoms with Crippen LogP contribution in [0, 0.1) is 0 Å². The molecule has 5 aromatic carbocycles. The number of rotatable bonds is 5. The molecule has 0 amide bonds. The summed E-state index contributed by atoms with van der Waals surface area (Å²) in [5, 5.41) is 2.14. The Labute approximate surface area is 255 Å². The molecule has 0 radical (unpaired) electrons. The molecule has 4 nitrogen and oxygen atoms in total. The molecule has 0 aliphatic heterocycles. The second-order valence-corrected chi connectivity index (χ2v) is 10.7. The fraction of sp³-hybridized carbons (Fsp3) is 0. The highest BCUT2D eigenvalue weighted by molar-refractivity contribution is 6.03. The maximum Gasteiger partial charge on any atom is 0.0973 e. The first-order valence-electron chi connectivity index (χ1n) is 14.7. The lowest BCUT2D eigenvalue weighted by Crippen LogP contribution is -2.01. The number of pyridine rings is 2. The van der Waals surface area contributed by atoms with Crippen molar-refractivity contribution in [3.05, 3.63) is 158 Å². The van der Waals surface area contributed by atoms with Crippen LogP contribution in [0.25, 0.3) is 78.1 Å². The molecule has 0 fully saturated rings. The van der Waals surface area contributed by atoms with Gasteiger partial charge in [0.1, 0.15) is 0 Å². The van der Waals surface area contributed by atoms with Crippen LogP contribution in [0.1, 0.15) is 0 Å². The van der Waals surface area contributed by atoms with Crippen molar-refractivity contribution < 1.29 is 0 Å². The SMILES string of the molecule is c1ccc(-c2nc(-c3ccccc3)c(-c3cccc(-c4ccc5ccc6cccnc6c5n4)c3)nc2-c2ccccc2)cc1. The zero-order valence-corrected chi connectivity index (χ0v) is 23.8. The van der Waals surface area contributed by atoms with Gasteiger partial charge in [-0.05, 0) is 18.2 Å². The van der Waals surface area contributed by atoms with Gasteiger partial charge in [-0.25, -0.2) is 15.0 Å². The molecule has 0 aliphatic rings. The molecule has 8 rings (SSSR count). The van der Waals surface area contributed by atoms with Crippen molar-refractivity contribution >= 4 is 21.8 Å². The highest BCUT2D eigenvalue weighted by atomic mass is 14.9. The summed E-state index contributed by atoms with van der Waals surface area (Å²) in [5.41, 5.74) is 11.1. The van der Waals surface area contributed by atoms with Gasteiger partial charge in [0.15, 0.2) is 0 Å². The monoisotopic (exact) mass is 562 g/mol. The van der Waals surface area contributed by atoms with Gasteiger partial charge in [-0.15, -0.1) is 0 Å². The van der Waals surface area contributed by atoms with Gasteiger partial charge < -0.3 is 0 Å². The number of hydrogen-bond donors (Lipinski definition) is 0. The van der Waals surface area contributed by atoms with E-state index in [1.807, 2.05) is 66.9 Å². The first-order valence-corrected chi connectivity index (χ1v) is 14.7. The molecule has 44 heavy (non-hydrogen) atoms. The van der Waals surface area contributed by atoms with E-state index in [1.54, 1.807) is 0 Å². The van der Waals surface area contributed by atoms with E-state index >= 15 is 0 Å². The molecule has 8 aromatic rings. The minimum Gasteiger partial charge on any atom is -0.254 e. The van der Waals surface area contributed by atoms with E-state index < -0.39 is 0 Å². The fourth-order valence-electron chi connectivity index (χ4n) is 5.74. The average Bonchev–Trinajstić information content (AvgIpc) is 3.12. The van der Waals surface area contributed by atoms with Gasteiger partial charge in [0.2, 0.25) is 0 Å². The number of fused-ring (bicyclic) bond motifs is 3. The molecule has 3 heterocycles. The lowest BCUT2D eigenvalue weighted by atomic mass is 9.98. The van der Waals surface area contributed by atoms with Crippen LogP contribution in [0.2, 0.25) is 0 Å². The van der Waals surface area contributed by atoms with Gasteiger partial charge in [-0.2, -0.15) is 0 Å². The molecule has 3 aromatic heterocycles. The van der Waals surface area contributed by atoms with Crippen molar-refractivity contribution in [2.24, 2.45) is 0 Å². The average molecular weight is 563 g/mol. The first-order chi connectivity index (χ1) is 21.8. The summed E-state index contributed by atoms with van der Waals surface area (Å²) in [5.74, 6) is 0. The zero-order chi connectivity index (χ0) is 29.3. The molecule has 0 spiro atoms. The third kappa shape index (κ3) is 4.69. The molecule has 0 atom stereocenters. The highest BCUT2D eigenvalue weighted by Crippen LogP contribution is 2.38. The Balaban J connectivity index is 1.35. The zero-order valence-electron chi connectivity index (χ0n) is 23.8. The van der Waals surface area contributed by atoms with E-state index in [4.69, 9.17) is 15.0 Å². The van der Waals surface area contributed by atoms with E-state index in [1.165, 1.54) is 0 Å². The number of hydrogen-bond acceptors (Lipinski definition) is 4. The largest absolute Gasteiger partial charge is 0.254 e. The van der Waals surface area contributed by atoms with Gasteiger partial charge in [0, 0.05) is 44.8 Å². The molecule has 4 heteroatoms. The molecule has 206 valence electrons. The normalized spacial score (nSPS) is 11.2. The smallest absolute Gasteiger partial charge is 0.0973 e. The van der Waals surface area contributed by atoms with Crippen LogP contribution in [0.5, 0.6) is 0 Å². The Hall–Kier alpha value is -6.00. The topological polar surface area (TPSA) is 51.6 Å². The first kappa shape index (κ1) is 25.7. The van der Waals surface area contributed by atoms with Gasteiger partial charge in [-0.1, -0.05) is 133 Å². The molecule has 0 aliphatic carbocycles.